The van der Waals surface area contributed by atoms with E-state index in [2.05, 4.69) is 22.2 Å². The van der Waals surface area contributed by atoms with Gasteiger partial charge >= 0.3 is 0 Å². The van der Waals surface area contributed by atoms with Crippen LogP contribution in [0, 0.1) is 13.8 Å². The Labute approximate surface area is 131 Å². The van der Waals surface area contributed by atoms with Crippen LogP contribution in [-0.4, -0.2) is 29.4 Å². The van der Waals surface area contributed by atoms with E-state index in [1.165, 1.54) is 5.56 Å². The molecule has 22 heavy (non-hydrogen) atoms. The smallest absolute Gasteiger partial charge is 0.257 e. The summed E-state index contributed by atoms with van der Waals surface area (Å²) in [5.74, 6) is -0.0670. The Morgan fingerprint density at radius 3 is 2.91 bits per heavy atom. The summed E-state index contributed by atoms with van der Waals surface area (Å²) in [4.78, 5) is 19.2. The fraction of sp³-hybridized carbons (Fsp3) is 0.333. The number of anilines is 1. The van der Waals surface area contributed by atoms with Crippen LogP contribution in [0.25, 0.3) is 0 Å². The number of aryl methyl sites for hydroxylation is 1. The molecule has 0 unspecified atom stereocenters. The minimum Gasteiger partial charge on any atom is -0.322 e. The molecule has 1 aliphatic heterocycles. The molecule has 0 spiro atoms. The van der Waals surface area contributed by atoms with Gasteiger partial charge < -0.3 is 10.2 Å². The van der Waals surface area contributed by atoms with E-state index in [0.717, 1.165) is 41.9 Å². The van der Waals surface area contributed by atoms with E-state index in [0.29, 0.717) is 5.56 Å². The second-order valence-electron chi connectivity index (χ2n) is 6.01. The molecule has 1 amide bonds. The number of carbonyl (C=O) groups is 1. The van der Waals surface area contributed by atoms with Gasteiger partial charge in [0.1, 0.15) is 0 Å². The standard InChI is InChI=1S/C18H21N3O/c1-12-5-4-6-17(13(12)2)20-18(22)16-10-19-9-14-11-21(3)8-7-15(14)16/h4-6,9-10H,7-8,11H2,1-3H3,(H,20,22). The topological polar surface area (TPSA) is 45.2 Å². The molecule has 0 saturated heterocycles. The molecule has 0 aliphatic carbocycles. The zero-order valence-corrected chi connectivity index (χ0v) is 13.3. The minimum atomic E-state index is -0.0670. The molecule has 1 aromatic carbocycles. The Bertz CT molecular complexity index is 724. The van der Waals surface area contributed by atoms with Crippen molar-refractivity contribution in [3.63, 3.8) is 0 Å². The maximum absolute atomic E-state index is 12.7. The first-order chi connectivity index (χ1) is 10.6. The molecule has 0 radical (unpaired) electrons. The van der Waals surface area contributed by atoms with Crippen molar-refractivity contribution in [2.75, 3.05) is 18.9 Å². The zero-order chi connectivity index (χ0) is 15.7. The Kier molecular flexibility index (Phi) is 3.94. The Balaban J connectivity index is 1.90. The molecule has 2 aromatic rings. The van der Waals surface area contributed by atoms with Crippen LogP contribution in [0.1, 0.15) is 32.6 Å². The second-order valence-corrected chi connectivity index (χ2v) is 6.01. The summed E-state index contributed by atoms with van der Waals surface area (Å²) < 4.78 is 0. The van der Waals surface area contributed by atoms with Crippen molar-refractivity contribution in [1.29, 1.82) is 0 Å². The minimum absolute atomic E-state index is 0.0670. The molecule has 4 nitrogen and oxygen atoms in total. The van der Waals surface area contributed by atoms with Crippen molar-refractivity contribution in [3.05, 3.63) is 58.4 Å². The van der Waals surface area contributed by atoms with Gasteiger partial charge in [0.25, 0.3) is 5.91 Å². The number of pyridine rings is 1. The number of nitrogens with one attached hydrogen (secondary N) is 1. The van der Waals surface area contributed by atoms with Gasteiger partial charge in [0, 0.05) is 31.2 Å². The predicted octanol–water partition coefficient (Wildman–Crippen LogP) is 2.94. The maximum Gasteiger partial charge on any atom is 0.257 e. The molecule has 3 rings (SSSR count). The predicted molar refractivity (Wildman–Crippen MR) is 88.1 cm³/mol. The van der Waals surface area contributed by atoms with Gasteiger partial charge in [0.05, 0.1) is 5.56 Å². The maximum atomic E-state index is 12.7. The molecule has 1 N–H and O–H groups in total. The number of benzene rings is 1. The van der Waals surface area contributed by atoms with Crippen molar-refractivity contribution in [3.8, 4) is 0 Å². The van der Waals surface area contributed by atoms with Gasteiger partial charge in [0.2, 0.25) is 0 Å². The first kappa shape index (κ1) is 14.7. The lowest BCUT2D eigenvalue weighted by atomic mass is 9.97. The van der Waals surface area contributed by atoms with Gasteiger partial charge in [-0.15, -0.1) is 0 Å². The van der Waals surface area contributed by atoms with Crippen molar-refractivity contribution in [2.24, 2.45) is 0 Å². The lowest BCUT2D eigenvalue weighted by molar-refractivity contribution is 0.102. The number of aromatic nitrogens is 1. The van der Waals surface area contributed by atoms with Crippen molar-refractivity contribution < 1.29 is 4.79 Å². The number of hydrogen-bond acceptors (Lipinski definition) is 3. The van der Waals surface area contributed by atoms with Crippen LogP contribution in [0.5, 0.6) is 0 Å². The first-order valence-electron chi connectivity index (χ1n) is 7.58. The third-order valence-electron chi connectivity index (χ3n) is 4.43. The fourth-order valence-corrected chi connectivity index (χ4v) is 2.91. The monoisotopic (exact) mass is 295 g/mol. The van der Waals surface area contributed by atoms with Crippen molar-refractivity contribution in [1.82, 2.24) is 9.88 Å². The van der Waals surface area contributed by atoms with Crippen LogP contribution < -0.4 is 5.32 Å². The molecule has 0 atom stereocenters. The van der Waals surface area contributed by atoms with Gasteiger partial charge in [-0.05, 0) is 55.6 Å². The third-order valence-corrected chi connectivity index (χ3v) is 4.43. The Morgan fingerprint density at radius 2 is 2.09 bits per heavy atom. The molecule has 0 fully saturated rings. The number of rotatable bonds is 2. The van der Waals surface area contributed by atoms with Gasteiger partial charge in [-0.3, -0.25) is 9.78 Å². The number of likely N-dealkylation sites (N-methyl/N-ethyl adjacent to an activating group) is 1. The molecule has 2 heterocycles. The highest BCUT2D eigenvalue weighted by molar-refractivity contribution is 6.05. The lowest BCUT2D eigenvalue weighted by Gasteiger charge is -2.26. The first-order valence-corrected chi connectivity index (χ1v) is 7.58. The Morgan fingerprint density at radius 1 is 1.27 bits per heavy atom. The van der Waals surface area contributed by atoms with E-state index in [1.807, 2.05) is 38.2 Å². The van der Waals surface area contributed by atoms with Crippen LogP contribution in [-0.2, 0) is 13.0 Å². The number of nitrogens with zero attached hydrogens (tertiary/aromatic N) is 2. The summed E-state index contributed by atoms with van der Waals surface area (Å²) in [6.45, 7) is 5.90. The highest BCUT2D eigenvalue weighted by atomic mass is 16.1. The Hall–Kier alpha value is -2.20. The summed E-state index contributed by atoms with van der Waals surface area (Å²) in [6, 6.07) is 5.95. The van der Waals surface area contributed by atoms with E-state index in [4.69, 9.17) is 0 Å². The van der Waals surface area contributed by atoms with E-state index in [-0.39, 0.29) is 5.91 Å². The summed E-state index contributed by atoms with van der Waals surface area (Å²) >= 11 is 0. The van der Waals surface area contributed by atoms with E-state index in [1.54, 1.807) is 6.20 Å². The molecule has 0 saturated carbocycles. The number of fused-ring (bicyclic) bond motifs is 1. The van der Waals surface area contributed by atoms with Crippen LogP contribution in [0.4, 0.5) is 5.69 Å². The molecule has 0 bridgehead atoms. The number of hydrogen-bond donors (Lipinski definition) is 1. The molecule has 1 aliphatic rings. The van der Waals surface area contributed by atoms with E-state index < -0.39 is 0 Å². The van der Waals surface area contributed by atoms with Crippen LogP contribution in [0.15, 0.2) is 30.6 Å². The average molecular weight is 295 g/mol. The molecule has 1 aromatic heterocycles. The normalized spacial score (nSPS) is 14.5. The second kappa shape index (κ2) is 5.89. The molecule has 4 heteroatoms. The van der Waals surface area contributed by atoms with Crippen LogP contribution in [0.3, 0.4) is 0 Å². The van der Waals surface area contributed by atoms with Gasteiger partial charge in [-0.1, -0.05) is 12.1 Å². The van der Waals surface area contributed by atoms with E-state index >= 15 is 0 Å². The summed E-state index contributed by atoms with van der Waals surface area (Å²) in [7, 11) is 2.09. The lowest BCUT2D eigenvalue weighted by Crippen LogP contribution is -2.29. The van der Waals surface area contributed by atoms with Crippen LogP contribution >= 0.6 is 0 Å². The highest BCUT2D eigenvalue weighted by Gasteiger charge is 2.20. The summed E-state index contributed by atoms with van der Waals surface area (Å²) in [6.07, 6.45) is 4.45. The van der Waals surface area contributed by atoms with Gasteiger partial charge in [0.15, 0.2) is 0 Å². The highest BCUT2D eigenvalue weighted by Crippen LogP contribution is 2.23. The SMILES string of the molecule is Cc1cccc(NC(=O)c2cncc3c2CCN(C)C3)c1C. The zero-order valence-electron chi connectivity index (χ0n) is 13.3. The van der Waals surface area contributed by atoms with Gasteiger partial charge in [-0.2, -0.15) is 0 Å². The molecule has 114 valence electrons. The van der Waals surface area contributed by atoms with Crippen molar-refractivity contribution in [2.45, 2.75) is 26.8 Å². The van der Waals surface area contributed by atoms with Crippen LogP contribution in [0.2, 0.25) is 0 Å². The molecular formula is C18H21N3O. The number of carbonyl (C=O) groups excluding carboxylic acids is 1. The third kappa shape index (κ3) is 2.74. The number of amides is 1. The average Bonchev–Trinajstić information content (AvgIpc) is 2.51. The summed E-state index contributed by atoms with van der Waals surface area (Å²) in [5, 5.41) is 3.04. The fourth-order valence-electron chi connectivity index (χ4n) is 2.91. The largest absolute Gasteiger partial charge is 0.322 e. The van der Waals surface area contributed by atoms with E-state index in [9.17, 15) is 4.79 Å². The van der Waals surface area contributed by atoms with Gasteiger partial charge in [-0.25, -0.2) is 0 Å². The quantitative estimate of drug-likeness (QED) is 0.926. The van der Waals surface area contributed by atoms with Crippen molar-refractivity contribution >= 4 is 11.6 Å². The summed E-state index contributed by atoms with van der Waals surface area (Å²) in [5.41, 5.74) is 6.14. The molecular weight excluding hydrogens is 274 g/mol.